The molecule has 0 radical (unpaired) electrons. The molecule has 3 nitrogen and oxygen atoms in total. The van der Waals surface area contributed by atoms with Crippen molar-refractivity contribution >= 4 is 5.71 Å². The molecule has 0 saturated carbocycles. The summed E-state index contributed by atoms with van der Waals surface area (Å²) >= 11 is 0. The van der Waals surface area contributed by atoms with E-state index in [1.165, 1.54) is 0 Å². The van der Waals surface area contributed by atoms with Gasteiger partial charge >= 0.3 is 0 Å². The van der Waals surface area contributed by atoms with Crippen LogP contribution in [-0.2, 0) is 0 Å². The van der Waals surface area contributed by atoms with Gasteiger partial charge in [0.1, 0.15) is 0 Å². The molecule has 0 heterocycles. The molecule has 0 saturated heterocycles. The lowest BCUT2D eigenvalue weighted by molar-refractivity contribution is 0.375. The minimum absolute atomic E-state index is 0.0626. The molecule has 1 atom stereocenters. The number of hydrogen-bond donors (Lipinski definition) is 0. The van der Waals surface area contributed by atoms with Crippen molar-refractivity contribution in [2.75, 3.05) is 19.6 Å². The zero-order chi connectivity index (χ0) is 24.9. The number of hydrogen-bond acceptors (Lipinski definition) is 3. The van der Waals surface area contributed by atoms with Crippen molar-refractivity contribution in [1.29, 1.82) is 5.26 Å². The van der Waals surface area contributed by atoms with Gasteiger partial charge in [0.15, 0.2) is 0 Å². The van der Waals surface area contributed by atoms with E-state index in [9.17, 15) is 5.26 Å². The van der Waals surface area contributed by atoms with Crippen LogP contribution in [0, 0.1) is 22.2 Å². The largest absolute Gasteiger partial charge is 0.372 e. The van der Waals surface area contributed by atoms with E-state index in [4.69, 9.17) is 4.99 Å². The van der Waals surface area contributed by atoms with Crippen molar-refractivity contribution in [3.8, 4) is 6.07 Å². The van der Waals surface area contributed by atoms with E-state index in [-0.39, 0.29) is 10.8 Å². The van der Waals surface area contributed by atoms with Crippen LogP contribution in [0.4, 0.5) is 0 Å². The Bertz CT molecular complexity index is 895. The van der Waals surface area contributed by atoms with E-state index in [1.54, 1.807) is 0 Å². The fourth-order valence-corrected chi connectivity index (χ4v) is 4.36. The first kappa shape index (κ1) is 28.2. The topological polar surface area (TPSA) is 39.4 Å². The second-order valence-corrected chi connectivity index (χ2v) is 9.59. The molecule has 33 heavy (non-hydrogen) atoms. The molecule has 0 aromatic rings. The van der Waals surface area contributed by atoms with Crippen molar-refractivity contribution in [2.24, 2.45) is 15.8 Å². The van der Waals surface area contributed by atoms with Crippen LogP contribution in [0.1, 0.15) is 60.8 Å². The SMILES string of the molecule is C=C/C=C(\C=C/CN=C1C=C(/C(C#N)=C/C(C)(/C=C\C)CC=C)CC(C)(C)C1)N(CC)CC. The van der Waals surface area contributed by atoms with Crippen LogP contribution in [0.15, 0.2) is 89.7 Å². The van der Waals surface area contributed by atoms with Crippen LogP contribution in [-0.4, -0.2) is 30.2 Å². The maximum Gasteiger partial charge on any atom is 0.0991 e. The van der Waals surface area contributed by atoms with Crippen LogP contribution >= 0.6 is 0 Å². The van der Waals surface area contributed by atoms with Gasteiger partial charge in [0.05, 0.1) is 18.2 Å². The first-order valence-corrected chi connectivity index (χ1v) is 12.0. The van der Waals surface area contributed by atoms with E-state index in [1.807, 2.05) is 31.2 Å². The van der Waals surface area contributed by atoms with E-state index < -0.39 is 0 Å². The van der Waals surface area contributed by atoms with Crippen LogP contribution in [0.2, 0.25) is 0 Å². The zero-order valence-corrected chi connectivity index (χ0v) is 21.7. The Hall–Kier alpha value is -2.86. The monoisotopic (exact) mass is 445 g/mol. The smallest absolute Gasteiger partial charge is 0.0991 e. The third-order valence-electron chi connectivity index (χ3n) is 5.85. The number of rotatable bonds is 12. The molecule has 3 heteroatoms. The van der Waals surface area contributed by atoms with Gasteiger partial charge < -0.3 is 4.90 Å². The summed E-state index contributed by atoms with van der Waals surface area (Å²) in [5.74, 6) is 0. The maximum absolute atomic E-state index is 9.98. The Morgan fingerprint density at radius 3 is 2.52 bits per heavy atom. The fraction of sp³-hybridized carbons (Fsp3) is 0.467. The van der Waals surface area contributed by atoms with Crippen LogP contribution in [0.5, 0.6) is 0 Å². The number of likely N-dealkylation sites (N-methyl/N-ethyl adjacent to an activating group) is 1. The first-order chi connectivity index (χ1) is 15.7. The second kappa shape index (κ2) is 13.6. The average molecular weight is 446 g/mol. The van der Waals surface area contributed by atoms with Crippen molar-refractivity contribution in [3.05, 3.63) is 84.7 Å². The minimum atomic E-state index is -0.220. The number of nitriles is 1. The Balaban J connectivity index is 3.23. The lowest BCUT2D eigenvalue weighted by Crippen LogP contribution is -2.23. The summed E-state index contributed by atoms with van der Waals surface area (Å²) < 4.78 is 0. The standard InChI is InChI=1S/C30H43N3/c1-9-15-28(33(12-4)13-5)16-14-19-32-27-20-25(21-29(6,7)23-27)26(24-31)22-30(8,17-10-2)18-11-3/h9-11,14-16,18,20,22H,1-2,12-13,17,19,21,23H2,3-8H3/b16-14-,18-11-,26-22+,28-15+,32-27?. The van der Waals surface area contributed by atoms with Gasteiger partial charge in [-0.1, -0.05) is 63.8 Å². The fourth-order valence-electron chi connectivity index (χ4n) is 4.36. The van der Waals surface area contributed by atoms with Gasteiger partial charge in [0, 0.05) is 29.9 Å². The Morgan fingerprint density at radius 1 is 1.27 bits per heavy atom. The molecule has 0 aliphatic heterocycles. The summed E-state index contributed by atoms with van der Waals surface area (Å²) in [6, 6.07) is 2.46. The summed E-state index contributed by atoms with van der Waals surface area (Å²) in [7, 11) is 0. The van der Waals surface area contributed by atoms with Crippen molar-refractivity contribution < 1.29 is 0 Å². The molecule has 1 aliphatic rings. The molecule has 0 fully saturated rings. The van der Waals surface area contributed by atoms with E-state index in [0.717, 1.165) is 54.9 Å². The maximum atomic E-state index is 9.98. The first-order valence-electron chi connectivity index (χ1n) is 12.0. The van der Waals surface area contributed by atoms with Gasteiger partial charge in [-0.25, -0.2) is 0 Å². The number of nitrogens with zero attached hydrogens (tertiary/aromatic N) is 3. The highest BCUT2D eigenvalue weighted by atomic mass is 15.1. The molecule has 0 N–H and O–H groups in total. The highest BCUT2D eigenvalue weighted by Crippen LogP contribution is 2.38. The summed E-state index contributed by atoms with van der Waals surface area (Å²) in [6.45, 7) is 23.2. The molecular formula is C30H43N3. The lowest BCUT2D eigenvalue weighted by Gasteiger charge is -2.31. The molecule has 0 amide bonds. The molecule has 0 aromatic carbocycles. The van der Waals surface area contributed by atoms with Gasteiger partial charge in [-0.15, -0.1) is 6.58 Å². The lowest BCUT2D eigenvalue weighted by atomic mass is 9.73. The van der Waals surface area contributed by atoms with Gasteiger partial charge in [-0.2, -0.15) is 5.26 Å². The molecule has 0 spiro atoms. The molecule has 1 aliphatic carbocycles. The summed E-state index contributed by atoms with van der Waals surface area (Å²) in [4.78, 5) is 7.17. The molecule has 0 bridgehead atoms. The van der Waals surface area contributed by atoms with Crippen LogP contribution < -0.4 is 0 Å². The van der Waals surface area contributed by atoms with Crippen LogP contribution in [0.3, 0.4) is 0 Å². The van der Waals surface area contributed by atoms with Crippen molar-refractivity contribution in [1.82, 2.24) is 4.90 Å². The summed E-state index contributed by atoms with van der Waals surface area (Å²) in [5.41, 5.74) is 3.87. The Morgan fingerprint density at radius 2 is 1.97 bits per heavy atom. The average Bonchev–Trinajstić information content (AvgIpc) is 2.75. The quantitative estimate of drug-likeness (QED) is 0.175. The third kappa shape index (κ3) is 9.26. The molecule has 1 unspecified atom stereocenters. The van der Waals surface area contributed by atoms with Crippen LogP contribution in [0.25, 0.3) is 0 Å². The van der Waals surface area contributed by atoms with Crippen molar-refractivity contribution in [2.45, 2.75) is 60.8 Å². The van der Waals surface area contributed by atoms with E-state index in [0.29, 0.717) is 6.54 Å². The third-order valence-corrected chi connectivity index (χ3v) is 5.85. The molecule has 1 rings (SSSR count). The highest BCUT2D eigenvalue weighted by molar-refractivity contribution is 5.97. The predicted octanol–water partition coefficient (Wildman–Crippen LogP) is 7.75. The molecular weight excluding hydrogens is 402 g/mol. The number of aliphatic imine (C=N–C) groups is 1. The van der Waals surface area contributed by atoms with Gasteiger partial charge in [0.25, 0.3) is 0 Å². The molecule has 178 valence electrons. The normalized spacial score (nSPS) is 19.9. The summed E-state index contributed by atoms with van der Waals surface area (Å²) in [5, 5.41) is 9.98. The zero-order valence-electron chi connectivity index (χ0n) is 21.7. The predicted molar refractivity (Wildman–Crippen MR) is 145 cm³/mol. The summed E-state index contributed by atoms with van der Waals surface area (Å²) in [6.07, 6.45) is 21.0. The van der Waals surface area contributed by atoms with Gasteiger partial charge in [-0.3, -0.25) is 4.99 Å². The minimum Gasteiger partial charge on any atom is -0.372 e. The van der Waals surface area contributed by atoms with Gasteiger partial charge in [-0.05, 0) is 69.2 Å². The van der Waals surface area contributed by atoms with Crippen molar-refractivity contribution in [3.63, 3.8) is 0 Å². The van der Waals surface area contributed by atoms with E-state index in [2.05, 4.69) is 89.1 Å². The Labute approximate surface area is 203 Å². The van der Waals surface area contributed by atoms with Gasteiger partial charge in [0.2, 0.25) is 0 Å². The molecule has 0 aromatic heterocycles. The second-order valence-electron chi connectivity index (χ2n) is 9.59. The highest BCUT2D eigenvalue weighted by Gasteiger charge is 2.29. The van der Waals surface area contributed by atoms with E-state index >= 15 is 0 Å². The Kier molecular flexibility index (Phi) is 11.6. The number of allylic oxidation sites excluding steroid dienone is 10.